The Morgan fingerprint density at radius 3 is 1.63 bits per heavy atom. The summed E-state index contributed by atoms with van der Waals surface area (Å²) in [5.41, 5.74) is 9.69. The Bertz CT molecular complexity index is 3210. The normalized spacial score (nSPS) is 11.7. The zero-order valence-corrected chi connectivity index (χ0v) is 29.4. The molecule has 11 aromatic rings. The first-order chi connectivity index (χ1) is 26.7. The Labute approximate surface area is 312 Å². The Hall–Kier alpha value is -7.16. The van der Waals surface area contributed by atoms with Crippen molar-refractivity contribution in [2.45, 2.75) is 0 Å². The predicted octanol–water partition coefficient (Wildman–Crippen LogP) is 15.0. The van der Waals surface area contributed by atoms with Crippen LogP contribution in [-0.4, -0.2) is 0 Å². The Kier molecular flexibility index (Phi) is 6.90. The van der Waals surface area contributed by atoms with E-state index >= 15 is 0 Å². The van der Waals surface area contributed by atoms with Crippen molar-refractivity contribution in [3.05, 3.63) is 200 Å². The van der Waals surface area contributed by atoms with Crippen LogP contribution in [0.2, 0.25) is 0 Å². The third-order valence-corrected chi connectivity index (χ3v) is 11.0. The summed E-state index contributed by atoms with van der Waals surface area (Å²) in [5, 5.41) is 12.5. The van der Waals surface area contributed by atoms with Crippen molar-refractivity contribution >= 4 is 82.1 Å². The number of benzene rings is 10. The maximum atomic E-state index is 6.38. The summed E-state index contributed by atoms with van der Waals surface area (Å²) < 4.78 is 6.38. The maximum Gasteiger partial charge on any atom is 0.137 e. The first-order valence-electron chi connectivity index (χ1n) is 18.5. The molecule has 11 rings (SSSR count). The van der Waals surface area contributed by atoms with Gasteiger partial charge in [-0.15, -0.1) is 0 Å². The molecule has 0 aliphatic carbocycles. The van der Waals surface area contributed by atoms with Crippen LogP contribution in [0.25, 0.3) is 87.3 Å². The summed E-state index contributed by atoms with van der Waals surface area (Å²) in [5.74, 6) is 0. The third kappa shape index (κ3) is 4.96. The highest BCUT2D eigenvalue weighted by molar-refractivity contribution is 6.27. The minimum atomic E-state index is 0.873. The van der Waals surface area contributed by atoms with Gasteiger partial charge in [0.15, 0.2) is 0 Å². The monoisotopic (exact) mass is 687 g/mol. The first kappa shape index (κ1) is 30.5. The van der Waals surface area contributed by atoms with Crippen LogP contribution in [0.15, 0.2) is 205 Å². The van der Waals surface area contributed by atoms with E-state index in [0.29, 0.717) is 0 Å². The number of nitrogens with zero attached hydrogens (tertiary/aromatic N) is 1. The van der Waals surface area contributed by atoms with Crippen LogP contribution < -0.4 is 4.90 Å². The van der Waals surface area contributed by atoms with Crippen LogP contribution in [0.3, 0.4) is 0 Å². The SMILES string of the molecule is c1ccc(-c2ccc(N(c3cccc(-c4ccc5c(ccc6ccc7ccc8ccccc8c7c65)c4)c3)c3ccc4c(c3)oc3ccccc34)cc2)cc1. The predicted molar refractivity (Wildman–Crippen MR) is 229 cm³/mol. The molecule has 0 spiro atoms. The van der Waals surface area contributed by atoms with Crippen molar-refractivity contribution in [2.75, 3.05) is 4.90 Å². The van der Waals surface area contributed by atoms with Crippen LogP contribution in [0.4, 0.5) is 17.1 Å². The maximum absolute atomic E-state index is 6.38. The van der Waals surface area contributed by atoms with Crippen LogP contribution in [0, 0.1) is 0 Å². The lowest BCUT2D eigenvalue weighted by molar-refractivity contribution is 0.669. The molecule has 0 radical (unpaired) electrons. The Morgan fingerprint density at radius 2 is 0.815 bits per heavy atom. The quantitative estimate of drug-likeness (QED) is 0.168. The molecular formula is C52H33NO. The Balaban J connectivity index is 1.05. The van der Waals surface area contributed by atoms with E-state index in [1.165, 1.54) is 59.8 Å². The van der Waals surface area contributed by atoms with Crippen LogP contribution in [0.5, 0.6) is 0 Å². The fraction of sp³-hybridized carbons (Fsp3) is 0. The van der Waals surface area contributed by atoms with Gasteiger partial charge in [0.05, 0.1) is 0 Å². The van der Waals surface area contributed by atoms with Gasteiger partial charge in [0.2, 0.25) is 0 Å². The second kappa shape index (κ2) is 12.2. The largest absolute Gasteiger partial charge is 0.456 e. The number of hydrogen-bond acceptors (Lipinski definition) is 2. The molecule has 10 aromatic carbocycles. The minimum Gasteiger partial charge on any atom is -0.456 e. The summed E-state index contributed by atoms with van der Waals surface area (Å²) in [6, 6.07) is 72.3. The highest BCUT2D eigenvalue weighted by Gasteiger charge is 2.17. The molecule has 2 nitrogen and oxygen atoms in total. The average molecular weight is 688 g/mol. The van der Waals surface area contributed by atoms with Crippen LogP contribution >= 0.6 is 0 Å². The minimum absolute atomic E-state index is 0.873. The molecule has 54 heavy (non-hydrogen) atoms. The standard InChI is InChI=1S/C52H33NO/c1-2-9-34(10-3-1)35-23-26-42(27-24-35)53(44-28-30-48-47-15-6-7-16-49(47)54-50(48)33-44)43-13-8-12-39(32-43)40-25-29-46-41(31-40)22-21-38-20-19-37-18-17-36-11-4-5-14-45(36)51(37)52(38)46/h1-33H. The van der Waals surface area contributed by atoms with Gasteiger partial charge in [0, 0.05) is 33.9 Å². The van der Waals surface area contributed by atoms with Gasteiger partial charge in [-0.05, 0) is 114 Å². The van der Waals surface area contributed by atoms with E-state index in [0.717, 1.165) is 44.6 Å². The van der Waals surface area contributed by atoms with Gasteiger partial charge in [-0.3, -0.25) is 0 Å². The van der Waals surface area contributed by atoms with Crippen molar-refractivity contribution in [3.8, 4) is 22.3 Å². The lowest BCUT2D eigenvalue weighted by atomic mass is 9.92. The molecule has 1 heterocycles. The second-order valence-corrected chi connectivity index (χ2v) is 14.1. The van der Waals surface area contributed by atoms with E-state index in [-0.39, 0.29) is 0 Å². The second-order valence-electron chi connectivity index (χ2n) is 14.1. The number of para-hydroxylation sites is 1. The number of hydrogen-bond donors (Lipinski definition) is 0. The molecule has 0 bridgehead atoms. The van der Waals surface area contributed by atoms with E-state index < -0.39 is 0 Å². The zero-order valence-electron chi connectivity index (χ0n) is 29.4. The molecule has 0 saturated heterocycles. The smallest absolute Gasteiger partial charge is 0.137 e. The molecule has 252 valence electrons. The Morgan fingerprint density at radius 1 is 0.278 bits per heavy atom. The summed E-state index contributed by atoms with van der Waals surface area (Å²) in [7, 11) is 0. The molecule has 0 aliphatic rings. The van der Waals surface area contributed by atoms with Crippen LogP contribution in [0.1, 0.15) is 0 Å². The van der Waals surface area contributed by atoms with Gasteiger partial charge >= 0.3 is 0 Å². The molecule has 0 atom stereocenters. The van der Waals surface area contributed by atoms with Crippen molar-refractivity contribution in [1.82, 2.24) is 0 Å². The summed E-state index contributed by atoms with van der Waals surface area (Å²) >= 11 is 0. The lowest BCUT2D eigenvalue weighted by Crippen LogP contribution is -2.10. The molecular weight excluding hydrogens is 655 g/mol. The van der Waals surface area contributed by atoms with Gasteiger partial charge in [0.1, 0.15) is 11.2 Å². The van der Waals surface area contributed by atoms with Gasteiger partial charge in [-0.1, -0.05) is 146 Å². The van der Waals surface area contributed by atoms with Gasteiger partial charge in [-0.25, -0.2) is 0 Å². The number of furan rings is 1. The number of anilines is 3. The fourth-order valence-corrected chi connectivity index (χ4v) is 8.39. The van der Waals surface area contributed by atoms with Gasteiger partial charge in [-0.2, -0.15) is 0 Å². The summed E-state index contributed by atoms with van der Waals surface area (Å²) in [6.07, 6.45) is 0. The number of fused-ring (bicyclic) bond motifs is 10. The van der Waals surface area contributed by atoms with Crippen molar-refractivity contribution in [3.63, 3.8) is 0 Å². The van der Waals surface area contributed by atoms with E-state index in [4.69, 9.17) is 4.42 Å². The molecule has 0 saturated carbocycles. The number of rotatable bonds is 5. The summed E-state index contributed by atoms with van der Waals surface area (Å²) in [6.45, 7) is 0. The van der Waals surface area contributed by atoms with E-state index in [1.54, 1.807) is 0 Å². The highest BCUT2D eigenvalue weighted by atomic mass is 16.3. The van der Waals surface area contributed by atoms with Gasteiger partial charge < -0.3 is 9.32 Å². The third-order valence-electron chi connectivity index (χ3n) is 11.0. The first-order valence-corrected chi connectivity index (χ1v) is 18.5. The van der Waals surface area contributed by atoms with E-state index in [1.807, 2.05) is 12.1 Å². The molecule has 0 aliphatic heterocycles. The summed E-state index contributed by atoms with van der Waals surface area (Å²) in [4.78, 5) is 2.33. The molecule has 0 N–H and O–H groups in total. The zero-order chi connectivity index (χ0) is 35.6. The lowest BCUT2D eigenvalue weighted by Gasteiger charge is -2.26. The molecule has 1 aromatic heterocycles. The van der Waals surface area contributed by atoms with E-state index in [9.17, 15) is 0 Å². The van der Waals surface area contributed by atoms with E-state index in [2.05, 4.69) is 193 Å². The molecule has 0 unspecified atom stereocenters. The molecule has 2 heteroatoms. The average Bonchev–Trinajstić information content (AvgIpc) is 3.62. The van der Waals surface area contributed by atoms with Gasteiger partial charge in [0.25, 0.3) is 0 Å². The van der Waals surface area contributed by atoms with Crippen molar-refractivity contribution < 1.29 is 4.42 Å². The van der Waals surface area contributed by atoms with Crippen molar-refractivity contribution in [2.24, 2.45) is 0 Å². The highest BCUT2D eigenvalue weighted by Crippen LogP contribution is 2.42. The van der Waals surface area contributed by atoms with Crippen LogP contribution in [-0.2, 0) is 0 Å². The van der Waals surface area contributed by atoms with Crippen molar-refractivity contribution in [1.29, 1.82) is 0 Å². The molecule has 0 fully saturated rings. The fourth-order valence-electron chi connectivity index (χ4n) is 8.39. The molecule has 0 amide bonds. The topological polar surface area (TPSA) is 16.4 Å².